The van der Waals surface area contributed by atoms with Crippen molar-refractivity contribution in [2.24, 2.45) is 5.92 Å². The minimum absolute atomic E-state index is 0.351. The molecule has 1 radical (unpaired) electrons. The minimum Gasteiger partial charge on any atom is -0.387 e. The number of benzene rings is 2. The summed E-state index contributed by atoms with van der Waals surface area (Å²) in [5, 5.41) is 14.3. The molecule has 0 heterocycles. The van der Waals surface area contributed by atoms with E-state index in [9.17, 15) is 9.90 Å². The van der Waals surface area contributed by atoms with E-state index in [0.717, 1.165) is 11.1 Å². The second-order valence-corrected chi connectivity index (χ2v) is 6.86. The molecule has 2 rings (SSSR count). The second kappa shape index (κ2) is 8.65. The van der Waals surface area contributed by atoms with Crippen molar-refractivity contribution >= 4 is 6.41 Å². The summed E-state index contributed by atoms with van der Waals surface area (Å²) >= 11 is 0. The van der Waals surface area contributed by atoms with Crippen LogP contribution in [0.25, 0.3) is 0 Å². The summed E-state index contributed by atoms with van der Waals surface area (Å²) in [5.41, 5.74) is 1.04. The summed E-state index contributed by atoms with van der Waals surface area (Å²) in [6, 6.07) is 19.5. The molecule has 1 atom stereocenters. The fourth-order valence-electron chi connectivity index (χ4n) is 3.16. The number of rotatable bonds is 9. The third-order valence-electron chi connectivity index (χ3n) is 4.30. The first-order valence-corrected chi connectivity index (χ1v) is 8.46. The number of nitrogens with one attached hydrogen (secondary N) is 1. The molecule has 0 aliphatic rings. The minimum atomic E-state index is -1.07. The van der Waals surface area contributed by atoms with Crippen LogP contribution in [-0.2, 0) is 17.6 Å². The van der Waals surface area contributed by atoms with E-state index in [1.54, 1.807) is 6.41 Å². The Morgan fingerprint density at radius 2 is 1.42 bits per heavy atom. The summed E-state index contributed by atoms with van der Waals surface area (Å²) in [6.07, 6.45) is 3.45. The van der Waals surface area contributed by atoms with Crippen LogP contribution in [0.15, 0.2) is 60.7 Å². The van der Waals surface area contributed by atoms with E-state index in [4.69, 9.17) is 0 Å². The lowest BCUT2D eigenvalue weighted by Crippen LogP contribution is -2.54. The van der Waals surface area contributed by atoms with Gasteiger partial charge in [0.2, 0.25) is 0 Å². The first-order valence-electron chi connectivity index (χ1n) is 8.46. The molecule has 2 aromatic carbocycles. The highest BCUT2D eigenvalue weighted by Crippen LogP contribution is 2.26. The van der Waals surface area contributed by atoms with Crippen LogP contribution in [0.2, 0.25) is 0 Å². The molecule has 0 saturated heterocycles. The largest absolute Gasteiger partial charge is 0.387 e. The van der Waals surface area contributed by atoms with Crippen LogP contribution in [0.3, 0.4) is 0 Å². The number of aliphatic hydroxyl groups is 1. The van der Waals surface area contributed by atoms with Crippen molar-refractivity contribution in [2.75, 3.05) is 0 Å². The summed E-state index contributed by atoms with van der Waals surface area (Å²) in [4.78, 5) is 11.0. The van der Waals surface area contributed by atoms with E-state index in [-0.39, 0.29) is 6.04 Å². The fourth-order valence-corrected chi connectivity index (χ4v) is 3.16. The zero-order valence-electron chi connectivity index (χ0n) is 14.4. The lowest BCUT2D eigenvalue weighted by Gasteiger charge is -2.37. The van der Waals surface area contributed by atoms with Crippen molar-refractivity contribution < 1.29 is 9.90 Å². The summed E-state index contributed by atoms with van der Waals surface area (Å²) in [7, 11) is 0. The van der Waals surface area contributed by atoms with Crippen molar-refractivity contribution in [3.05, 3.63) is 71.8 Å². The first kappa shape index (κ1) is 18.2. The van der Waals surface area contributed by atoms with Gasteiger partial charge in [-0.05, 0) is 23.5 Å². The quantitative estimate of drug-likeness (QED) is 0.696. The fraction of sp³-hybridized carbons (Fsp3) is 0.381. The Morgan fingerprint density at radius 1 is 0.958 bits per heavy atom. The Labute approximate surface area is 144 Å². The number of amides is 1. The maximum absolute atomic E-state index is 11.5. The van der Waals surface area contributed by atoms with Gasteiger partial charge >= 0.3 is 6.41 Å². The highest BCUT2D eigenvalue weighted by molar-refractivity contribution is 5.48. The standard InChI is InChI=1S/C21H26NO2/c1-17(2)13-20(22-16-23)21(24,14-18-9-5-3-6-10-18)15-19-11-7-4-8-12-19/h3-12,17,20,24H,13-15H2,1-2H3,(H,22,23)/t20-/m0/s1. The molecular weight excluding hydrogens is 298 g/mol. The van der Waals surface area contributed by atoms with Gasteiger partial charge in [0.15, 0.2) is 0 Å². The molecule has 24 heavy (non-hydrogen) atoms. The molecule has 2 N–H and O–H groups in total. The van der Waals surface area contributed by atoms with Gasteiger partial charge in [0, 0.05) is 12.8 Å². The van der Waals surface area contributed by atoms with Crippen LogP contribution in [0, 0.1) is 5.92 Å². The zero-order valence-corrected chi connectivity index (χ0v) is 14.4. The SMILES string of the molecule is CC(C)C[C@H](N[C]=O)C(O)(Cc1ccccc1)Cc1ccccc1. The predicted octanol–water partition coefficient (Wildman–Crippen LogP) is 3.27. The van der Waals surface area contributed by atoms with E-state index in [1.807, 2.05) is 60.7 Å². The summed E-state index contributed by atoms with van der Waals surface area (Å²) in [6.45, 7) is 4.18. The monoisotopic (exact) mass is 324 g/mol. The molecule has 3 heteroatoms. The normalized spacial score (nSPS) is 12.8. The Hall–Kier alpha value is -2.13. The second-order valence-electron chi connectivity index (χ2n) is 6.86. The molecule has 0 saturated carbocycles. The molecule has 2 aromatic rings. The van der Waals surface area contributed by atoms with Crippen LogP contribution in [0.1, 0.15) is 31.4 Å². The van der Waals surface area contributed by atoms with Crippen LogP contribution in [-0.4, -0.2) is 23.2 Å². The van der Waals surface area contributed by atoms with Gasteiger partial charge in [-0.1, -0.05) is 74.5 Å². The van der Waals surface area contributed by atoms with Gasteiger partial charge in [0.25, 0.3) is 0 Å². The summed E-state index contributed by atoms with van der Waals surface area (Å²) in [5.74, 6) is 0.355. The lowest BCUT2D eigenvalue weighted by atomic mass is 9.79. The van der Waals surface area contributed by atoms with Crippen molar-refractivity contribution in [1.29, 1.82) is 0 Å². The van der Waals surface area contributed by atoms with Gasteiger partial charge < -0.3 is 10.4 Å². The number of hydrogen-bond acceptors (Lipinski definition) is 2. The molecule has 1 amide bonds. The molecule has 0 bridgehead atoms. The van der Waals surface area contributed by atoms with Gasteiger partial charge in [0.1, 0.15) is 0 Å². The van der Waals surface area contributed by atoms with Gasteiger partial charge in [-0.25, -0.2) is 0 Å². The van der Waals surface area contributed by atoms with Crippen molar-refractivity contribution in [3.8, 4) is 0 Å². The van der Waals surface area contributed by atoms with Gasteiger partial charge in [0.05, 0.1) is 11.6 Å². The van der Waals surface area contributed by atoms with Crippen molar-refractivity contribution in [2.45, 2.75) is 44.8 Å². The highest BCUT2D eigenvalue weighted by atomic mass is 16.3. The number of carbonyl (C=O) groups excluding carboxylic acids is 1. The molecular formula is C21H26NO2. The van der Waals surface area contributed by atoms with E-state index in [2.05, 4.69) is 19.2 Å². The smallest absolute Gasteiger partial charge is 0.309 e. The molecule has 0 unspecified atom stereocenters. The van der Waals surface area contributed by atoms with Crippen LogP contribution in [0.4, 0.5) is 0 Å². The Kier molecular flexibility index (Phi) is 6.56. The van der Waals surface area contributed by atoms with Crippen molar-refractivity contribution in [1.82, 2.24) is 5.32 Å². The van der Waals surface area contributed by atoms with Crippen molar-refractivity contribution in [3.63, 3.8) is 0 Å². The van der Waals surface area contributed by atoms with Crippen LogP contribution in [0.5, 0.6) is 0 Å². The molecule has 0 aromatic heterocycles. The van der Waals surface area contributed by atoms with E-state index < -0.39 is 5.60 Å². The average Bonchev–Trinajstić information content (AvgIpc) is 2.56. The Balaban J connectivity index is 2.32. The van der Waals surface area contributed by atoms with Crippen LogP contribution < -0.4 is 5.32 Å². The average molecular weight is 324 g/mol. The molecule has 0 spiro atoms. The number of hydrogen-bond donors (Lipinski definition) is 2. The lowest BCUT2D eigenvalue weighted by molar-refractivity contribution is 0.00110. The highest BCUT2D eigenvalue weighted by Gasteiger charge is 2.37. The molecule has 0 fully saturated rings. The maximum Gasteiger partial charge on any atom is 0.309 e. The van der Waals surface area contributed by atoms with E-state index in [1.165, 1.54) is 0 Å². The maximum atomic E-state index is 11.5. The van der Waals surface area contributed by atoms with E-state index >= 15 is 0 Å². The van der Waals surface area contributed by atoms with Crippen LogP contribution >= 0.6 is 0 Å². The van der Waals surface area contributed by atoms with E-state index in [0.29, 0.717) is 25.2 Å². The summed E-state index contributed by atoms with van der Waals surface area (Å²) < 4.78 is 0. The zero-order chi connectivity index (χ0) is 17.4. The Morgan fingerprint density at radius 3 is 1.79 bits per heavy atom. The first-order chi connectivity index (χ1) is 11.5. The molecule has 0 aliphatic carbocycles. The van der Waals surface area contributed by atoms with Gasteiger partial charge in [-0.3, -0.25) is 4.79 Å². The predicted molar refractivity (Wildman–Crippen MR) is 97.3 cm³/mol. The third-order valence-corrected chi connectivity index (χ3v) is 4.30. The van der Waals surface area contributed by atoms with Gasteiger partial charge in [-0.15, -0.1) is 0 Å². The molecule has 0 aliphatic heterocycles. The molecule has 3 nitrogen and oxygen atoms in total. The third kappa shape index (κ3) is 5.20. The van der Waals surface area contributed by atoms with Gasteiger partial charge in [-0.2, -0.15) is 0 Å². The topological polar surface area (TPSA) is 49.3 Å². The molecule has 127 valence electrons. The Bertz CT molecular complexity index is 569.